The van der Waals surface area contributed by atoms with Crippen molar-refractivity contribution >= 4 is 39.1 Å². The molecule has 0 aliphatic heterocycles. The highest BCUT2D eigenvalue weighted by atomic mass is 35.5. The molecule has 0 heterocycles. The second kappa shape index (κ2) is 11.0. The Bertz CT molecular complexity index is 1230. The van der Waals surface area contributed by atoms with E-state index in [-0.39, 0.29) is 17.9 Å². The third-order valence-corrected chi connectivity index (χ3v) is 7.10. The topological polar surface area (TPSA) is 84.5 Å². The fraction of sp³-hybridized carbons (Fsp3) is 0.208. The van der Waals surface area contributed by atoms with Crippen molar-refractivity contribution in [2.24, 2.45) is 0 Å². The van der Waals surface area contributed by atoms with Gasteiger partial charge in [0.05, 0.1) is 12.0 Å². The third-order valence-electron chi connectivity index (χ3n) is 5.04. The van der Waals surface area contributed by atoms with E-state index in [0.717, 1.165) is 5.56 Å². The van der Waals surface area contributed by atoms with Crippen LogP contribution in [0.15, 0.2) is 71.6 Å². The van der Waals surface area contributed by atoms with Crippen molar-refractivity contribution in [3.05, 3.63) is 93.5 Å². The molecule has 2 N–H and O–H groups in total. The van der Waals surface area contributed by atoms with Crippen LogP contribution in [0.5, 0.6) is 5.75 Å². The standard InChI is InChI=1S/C24H24Cl2N2O4S/c1-16-12-20(10-11-23(16)32-2)33(30,31)28-22(13-17-6-4-3-5-7-17)24(29)27-15-18-8-9-19(25)14-21(18)26/h3-12,14,22,28H,13,15H2,1-2H3,(H,27,29)/t22-/m0/s1. The summed E-state index contributed by atoms with van der Waals surface area (Å²) >= 11 is 12.1. The summed E-state index contributed by atoms with van der Waals surface area (Å²) in [6.45, 7) is 1.88. The minimum Gasteiger partial charge on any atom is -0.496 e. The van der Waals surface area contributed by atoms with Gasteiger partial charge in [0, 0.05) is 16.6 Å². The van der Waals surface area contributed by atoms with E-state index >= 15 is 0 Å². The van der Waals surface area contributed by atoms with Gasteiger partial charge in [-0.25, -0.2) is 8.42 Å². The Kier molecular flexibility index (Phi) is 8.37. The zero-order valence-electron chi connectivity index (χ0n) is 18.1. The van der Waals surface area contributed by atoms with Crippen LogP contribution in [0.4, 0.5) is 0 Å². The van der Waals surface area contributed by atoms with Crippen LogP contribution in [0.3, 0.4) is 0 Å². The van der Waals surface area contributed by atoms with E-state index in [0.29, 0.717) is 26.9 Å². The first kappa shape index (κ1) is 25.1. The van der Waals surface area contributed by atoms with Gasteiger partial charge in [-0.15, -0.1) is 0 Å². The Hall–Kier alpha value is -2.58. The van der Waals surface area contributed by atoms with E-state index in [1.54, 1.807) is 31.2 Å². The molecule has 0 spiro atoms. The molecule has 9 heteroatoms. The first-order chi connectivity index (χ1) is 15.7. The molecule has 174 valence electrons. The normalized spacial score (nSPS) is 12.2. The fourth-order valence-electron chi connectivity index (χ4n) is 3.28. The van der Waals surface area contributed by atoms with Gasteiger partial charge >= 0.3 is 0 Å². The second-order valence-electron chi connectivity index (χ2n) is 7.45. The average molecular weight is 507 g/mol. The Labute approximate surface area is 203 Å². The highest BCUT2D eigenvalue weighted by Crippen LogP contribution is 2.22. The van der Waals surface area contributed by atoms with Crippen molar-refractivity contribution in [3.63, 3.8) is 0 Å². The largest absolute Gasteiger partial charge is 0.496 e. The van der Waals surface area contributed by atoms with Gasteiger partial charge in [-0.2, -0.15) is 4.72 Å². The molecule has 1 amide bonds. The fourth-order valence-corrected chi connectivity index (χ4v) is 5.04. The summed E-state index contributed by atoms with van der Waals surface area (Å²) in [6.07, 6.45) is 0.176. The number of rotatable bonds is 9. The second-order valence-corrected chi connectivity index (χ2v) is 10.0. The lowest BCUT2D eigenvalue weighted by Crippen LogP contribution is -2.47. The first-order valence-electron chi connectivity index (χ1n) is 10.1. The lowest BCUT2D eigenvalue weighted by Gasteiger charge is -2.19. The highest BCUT2D eigenvalue weighted by Gasteiger charge is 2.26. The van der Waals surface area contributed by atoms with Crippen molar-refractivity contribution in [1.82, 2.24) is 10.0 Å². The number of halogens is 2. The molecule has 0 unspecified atom stereocenters. The van der Waals surface area contributed by atoms with Gasteiger partial charge in [0.15, 0.2) is 0 Å². The summed E-state index contributed by atoms with van der Waals surface area (Å²) in [6, 6.07) is 17.6. The molecule has 0 radical (unpaired) electrons. The molecule has 0 bridgehead atoms. The maximum Gasteiger partial charge on any atom is 0.241 e. The van der Waals surface area contributed by atoms with Gasteiger partial charge in [-0.1, -0.05) is 59.6 Å². The van der Waals surface area contributed by atoms with Crippen LogP contribution in [-0.4, -0.2) is 27.5 Å². The Balaban J connectivity index is 1.82. The number of amides is 1. The van der Waals surface area contributed by atoms with Crippen molar-refractivity contribution in [2.45, 2.75) is 30.8 Å². The molecule has 6 nitrogen and oxygen atoms in total. The molecule has 33 heavy (non-hydrogen) atoms. The molecule has 3 aromatic rings. The van der Waals surface area contributed by atoms with Crippen LogP contribution in [0.2, 0.25) is 10.0 Å². The molecule has 0 aliphatic rings. The number of sulfonamides is 1. The Morgan fingerprint density at radius 2 is 1.76 bits per heavy atom. The van der Waals surface area contributed by atoms with Crippen LogP contribution in [0, 0.1) is 6.92 Å². The van der Waals surface area contributed by atoms with Gasteiger partial charge in [0.1, 0.15) is 11.8 Å². The molecule has 0 saturated heterocycles. The van der Waals surface area contributed by atoms with Crippen molar-refractivity contribution in [2.75, 3.05) is 7.11 Å². The number of methoxy groups -OCH3 is 1. The smallest absolute Gasteiger partial charge is 0.241 e. The molecule has 3 aromatic carbocycles. The van der Waals surface area contributed by atoms with Gasteiger partial charge in [-0.3, -0.25) is 4.79 Å². The zero-order valence-corrected chi connectivity index (χ0v) is 20.5. The van der Waals surface area contributed by atoms with Crippen molar-refractivity contribution < 1.29 is 17.9 Å². The van der Waals surface area contributed by atoms with E-state index < -0.39 is 22.0 Å². The molecule has 0 fully saturated rings. The summed E-state index contributed by atoms with van der Waals surface area (Å²) in [5.41, 5.74) is 2.15. The third kappa shape index (κ3) is 6.71. The van der Waals surface area contributed by atoms with Crippen LogP contribution < -0.4 is 14.8 Å². The minimum atomic E-state index is -3.98. The molecule has 0 saturated carbocycles. The van der Waals surface area contributed by atoms with Crippen molar-refractivity contribution in [3.8, 4) is 5.75 Å². The SMILES string of the molecule is COc1ccc(S(=O)(=O)N[C@@H](Cc2ccccc2)C(=O)NCc2ccc(Cl)cc2Cl)cc1C. The number of ether oxygens (including phenoxy) is 1. The number of carbonyl (C=O) groups excluding carboxylic acids is 1. The van der Waals surface area contributed by atoms with Gasteiger partial charge in [-0.05, 0) is 60.4 Å². The minimum absolute atomic E-state index is 0.0485. The average Bonchev–Trinajstić information content (AvgIpc) is 2.78. The van der Waals surface area contributed by atoms with E-state index in [1.165, 1.54) is 19.2 Å². The number of aryl methyl sites for hydroxylation is 1. The maximum atomic E-state index is 13.1. The molecular weight excluding hydrogens is 483 g/mol. The summed E-state index contributed by atoms with van der Waals surface area (Å²) in [7, 11) is -2.46. The molecular formula is C24H24Cl2N2O4S. The van der Waals surface area contributed by atoms with Gasteiger partial charge in [0.2, 0.25) is 15.9 Å². The maximum absolute atomic E-state index is 13.1. The Morgan fingerprint density at radius 3 is 2.39 bits per heavy atom. The molecule has 0 aromatic heterocycles. The van der Waals surface area contributed by atoms with Gasteiger partial charge in [0.25, 0.3) is 0 Å². The summed E-state index contributed by atoms with van der Waals surface area (Å²) in [5, 5.41) is 3.67. The summed E-state index contributed by atoms with van der Waals surface area (Å²) in [5.74, 6) is 0.103. The van der Waals surface area contributed by atoms with E-state index in [9.17, 15) is 13.2 Å². The molecule has 3 rings (SSSR count). The summed E-state index contributed by atoms with van der Waals surface area (Å²) in [4.78, 5) is 13.1. The number of nitrogens with one attached hydrogen (secondary N) is 2. The summed E-state index contributed by atoms with van der Waals surface area (Å²) < 4.78 is 33.9. The lowest BCUT2D eigenvalue weighted by molar-refractivity contribution is -0.122. The van der Waals surface area contributed by atoms with Crippen molar-refractivity contribution in [1.29, 1.82) is 0 Å². The molecule has 1 atom stereocenters. The first-order valence-corrected chi connectivity index (χ1v) is 12.4. The van der Waals surface area contributed by atoms with Crippen LogP contribution >= 0.6 is 23.2 Å². The number of benzene rings is 3. The zero-order chi connectivity index (χ0) is 24.0. The predicted octanol–water partition coefficient (Wildman–Crippen LogP) is 4.52. The monoisotopic (exact) mass is 506 g/mol. The van der Waals surface area contributed by atoms with Crippen LogP contribution in [0.25, 0.3) is 0 Å². The van der Waals surface area contributed by atoms with E-state index in [2.05, 4.69) is 10.0 Å². The highest BCUT2D eigenvalue weighted by molar-refractivity contribution is 7.89. The predicted molar refractivity (Wildman–Crippen MR) is 130 cm³/mol. The van der Waals surface area contributed by atoms with E-state index in [1.807, 2.05) is 30.3 Å². The quantitative estimate of drug-likeness (QED) is 0.446. The number of hydrogen-bond acceptors (Lipinski definition) is 4. The van der Waals surface area contributed by atoms with Crippen LogP contribution in [0.1, 0.15) is 16.7 Å². The number of hydrogen-bond donors (Lipinski definition) is 2. The van der Waals surface area contributed by atoms with Gasteiger partial charge < -0.3 is 10.1 Å². The molecule has 0 aliphatic carbocycles. The number of carbonyl (C=O) groups is 1. The Morgan fingerprint density at radius 1 is 1.03 bits per heavy atom. The lowest BCUT2D eigenvalue weighted by atomic mass is 10.1. The van der Waals surface area contributed by atoms with Crippen LogP contribution in [-0.2, 0) is 27.8 Å². The van der Waals surface area contributed by atoms with E-state index in [4.69, 9.17) is 27.9 Å².